The lowest BCUT2D eigenvalue weighted by molar-refractivity contribution is -0.140. The van der Waals surface area contributed by atoms with E-state index >= 15 is 0 Å². The molecule has 33 heavy (non-hydrogen) atoms. The first-order valence-corrected chi connectivity index (χ1v) is 10.8. The largest absolute Gasteiger partial charge is 0.507 e. The van der Waals surface area contributed by atoms with Gasteiger partial charge in [-0.3, -0.25) is 14.6 Å². The number of Topliss-reactive ketones (excluding diaryl/α,β-unsaturated/α-hetero) is 1. The minimum atomic E-state index is -0.776. The molecule has 0 saturated carbocycles. The number of ketones is 1. The van der Waals surface area contributed by atoms with Crippen molar-refractivity contribution in [3.05, 3.63) is 99.3 Å². The van der Waals surface area contributed by atoms with E-state index in [0.717, 1.165) is 22.3 Å². The smallest absolute Gasteiger partial charge is 0.295 e. The Morgan fingerprint density at radius 1 is 1.09 bits per heavy atom. The Labute approximate surface area is 197 Å². The maximum absolute atomic E-state index is 13.3. The lowest BCUT2D eigenvalue weighted by atomic mass is 9.93. The van der Waals surface area contributed by atoms with Crippen molar-refractivity contribution in [2.24, 2.45) is 0 Å². The van der Waals surface area contributed by atoms with E-state index in [2.05, 4.69) is 4.98 Å². The van der Waals surface area contributed by atoms with Crippen molar-refractivity contribution in [3.8, 4) is 5.75 Å². The summed E-state index contributed by atoms with van der Waals surface area (Å²) in [7, 11) is 1.44. The zero-order valence-electron chi connectivity index (χ0n) is 18.5. The normalized spacial score (nSPS) is 17.5. The third kappa shape index (κ3) is 4.22. The number of pyridine rings is 1. The number of carbonyl (C=O) groups excluding carboxylic acids is 2. The van der Waals surface area contributed by atoms with E-state index in [9.17, 15) is 14.7 Å². The molecule has 7 heteroatoms. The van der Waals surface area contributed by atoms with Crippen molar-refractivity contribution in [2.75, 3.05) is 7.11 Å². The number of rotatable bonds is 5. The molecule has 1 aliphatic heterocycles. The summed E-state index contributed by atoms with van der Waals surface area (Å²) in [6, 6.07) is 13.7. The maximum atomic E-state index is 13.3. The van der Waals surface area contributed by atoms with Crippen LogP contribution in [0.3, 0.4) is 0 Å². The van der Waals surface area contributed by atoms with Crippen molar-refractivity contribution in [3.63, 3.8) is 0 Å². The molecule has 2 heterocycles. The van der Waals surface area contributed by atoms with Crippen LogP contribution in [0.15, 0.2) is 66.5 Å². The molecule has 1 atom stereocenters. The number of methoxy groups -OCH3 is 1. The summed E-state index contributed by atoms with van der Waals surface area (Å²) in [6.07, 6.45) is 3.26. The summed E-state index contributed by atoms with van der Waals surface area (Å²) < 4.78 is 5.41. The highest BCUT2D eigenvalue weighted by Crippen LogP contribution is 2.43. The predicted molar refractivity (Wildman–Crippen MR) is 126 cm³/mol. The van der Waals surface area contributed by atoms with E-state index in [0.29, 0.717) is 5.02 Å². The molecule has 0 aliphatic carbocycles. The average molecular weight is 463 g/mol. The Morgan fingerprint density at radius 3 is 2.48 bits per heavy atom. The van der Waals surface area contributed by atoms with Crippen molar-refractivity contribution in [2.45, 2.75) is 26.4 Å². The van der Waals surface area contributed by atoms with Gasteiger partial charge < -0.3 is 14.7 Å². The fourth-order valence-corrected chi connectivity index (χ4v) is 4.52. The average Bonchev–Trinajstić information content (AvgIpc) is 3.04. The number of ether oxygens (including phenoxy) is 1. The fraction of sp³-hybridized carbons (Fsp3) is 0.192. The van der Waals surface area contributed by atoms with Crippen LogP contribution in [-0.4, -0.2) is 33.8 Å². The number of hydrogen-bond donors (Lipinski definition) is 1. The Morgan fingerprint density at radius 2 is 1.82 bits per heavy atom. The first kappa shape index (κ1) is 22.6. The molecule has 0 bridgehead atoms. The lowest BCUT2D eigenvalue weighted by Gasteiger charge is -2.26. The maximum Gasteiger partial charge on any atom is 0.295 e. The zero-order valence-corrected chi connectivity index (χ0v) is 19.3. The molecule has 168 valence electrons. The number of carbonyl (C=O) groups is 2. The van der Waals surface area contributed by atoms with Crippen LogP contribution in [-0.2, 0) is 16.1 Å². The summed E-state index contributed by atoms with van der Waals surface area (Å²) in [5.41, 5.74) is 3.56. The molecule has 0 spiro atoms. The highest BCUT2D eigenvalue weighted by atomic mass is 35.5. The molecule has 4 rings (SSSR count). The van der Waals surface area contributed by atoms with Gasteiger partial charge in [-0.05, 0) is 54.8 Å². The van der Waals surface area contributed by atoms with Crippen molar-refractivity contribution < 1.29 is 19.4 Å². The summed E-state index contributed by atoms with van der Waals surface area (Å²) >= 11 is 6.33. The molecule has 0 radical (unpaired) electrons. The molecule has 1 amide bonds. The van der Waals surface area contributed by atoms with E-state index in [4.69, 9.17) is 16.3 Å². The molecule has 1 aliphatic rings. The summed E-state index contributed by atoms with van der Waals surface area (Å²) in [6.45, 7) is 3.94. The highest BCUT2D eigenvalue weighted by molar-refractivity contribution is 6.46. The Kier molecular flexibility index (Phi) is 6.20. The number of amides is 1. The van der Waals surface area contributed by atoms with E-state index < -0.39 is 17.7 Å². The minimum Gasteiger partial charge on any atom is -0.507 e. The van der Waals surface area contributed by atoms with Crippen LogP contribution >= 0.6 is 11.6 Å². The van der Waals surface area contributed by atoms with E-state index in [1.165, 1.54) is 12.0 Å². The van der Waals surface area contributed by atoms with E-state index in [1.54, 1.807) is 36.7 Å². The van der Waals surface area contributed by atoms with Crippen molar-refractivity contribution in [1.82, 2.24) is 9.88 Å². The molecule has 1 unspecified atom stereocenters. The number of hydrogen-bond acceptors (Lipinski definition) is 5. The number of halogens is 1. The lowest BCUT2D eigenvalue weighted by Crippen LogP contribution is -2.29. The zero-order chi connectivity index (χ0) is 23.7. The molecule has 1 fully saturated rings. The third-order valence-corrected chi connectivity index (χ3v) is 5.93. The number of aliphatic hydroxyl groups excluding tert-OH is 1. The Bertz CT molecular complexity index is 1270. The predicted octanol–water partition coefficient (Wildman–Crippen LogP) is 4.98. The van der Waals surface area contributed by atoms with Gasteiger partial charge in [0, 0.05) is 18.9 Å². The second-order valence-corrected chi connectivity index (χ2v) is 8.43. The topological polar surface area (TPSA) is 79.7 Å². The quantitative estimate of drug-likeness (QED) is 0.328. The van der Waals surface area contributed by atoms with Crippen LogP contribution in [0.1, 0.15) is 33.9 Å². The molecule has 1 aromatic heterocycles. The van der Waals surface area contributed by atoms with Gasteiger partial charge in [0.15, 0.2) is 0 Å². The molecule has 1 N–H and O–H groups in total. The molecule has 1 saturated heterocycles. The first-order chi connectivity index (χ1) is 15.8. The van der Waals surface area contributed by atoms with Crippen LogP contribution in [0.4, 0.5) is 0 Å². The van der Waals surface area contributed by atoms with E-state index in [-0.39, 0.29) is 29.2 Å². The van der Waals surface area contributed by atoms with Gasteiger partial charge in [0.05, 0.1) is 29.3 Å². The Balaban J connectivity index is 1.94. The van der Waals surface area contributed by atoms with Gasteiger partial charge in [0.1, 0.15) is 11.5 Å². The van der Waals surface area contributed by atoms with Crippen molar-refractivity contribution in [1.29, 1.82) is 0 Å². The van der Waals surface area contributed by atoms with Gasteiger partial charge >= 0.3 is 0 Å². The standard InChI is InChI=1S/C26H23ClN2O4/c1-15-5-4-6-18(11-15)22-21(23(30)19-12-16(2)13-20(27)25(19)33-3)24(31)26(32)29(22)14-17-7-9-28-10-8-17/h4-13,22,30H,14H2,1-3H3/b23-21+. The number of aryl methyl sites for hydroxylation is 2. The summed E-state index contributed by atoms with van der Waals surface area (Å²) in [5.74, 6) is -1.52. The molecular formula is C26H23ClN2O4. The van der Waals surface area contributed by atoms with Crippen LogP contribution < -0.4 is 4.74 Å². The van der Waals surface area contributed by atoms with Crippen LogP contribution in [0, 0.1) is 13.8 Å². The van der Waals surface area contributed by atoms with Gasteiger partial charge in [0.2, 0.25) is 0 Å². The van der Waals surface area contributed by atoms with E-state index in [1.807, 2.05) is 38.1 Å². The number of likely N-dealkylation sites (tertiary alicyclic amines) is 1. The number of nitrogens with zero attached hydrogens (tertiary/aromatic N) is 2. The minimum absolute atomic E-state index is 0.000349. The van der Waals surface area contributed by atoms with Gasteiger partial charge in [0.25, 0.3) is 11.7 Å². The van der Waals surface area contributed by atoms with Crippen LogP contribution in [0.5, 0.6) is 5.75 Å². The van der Waals surface area contributed by atoms with Crippen LogP contribution in [0.25, 0.3) is 5.76 Å². The van der Waals surface area contributed by atoms with Gasteiger partial charge in [-0.2, -0.15) is 0 Å². The van der Waals surface area contributed by atoms with Gasteiger partial charge in [-0.15, -0.1) is 0 Å². The highest BCUT2D eigenvalue weighted by Gasteiger charge is 2.46. The molecular weight excluding hydrogens is 440 g/mol. The monoisotopic (exact) mass is 462 g/mol. The number of benzene rings is 2. The second kappa shape index (κ2) is 9.08. The SMILES string of the molecule is COc1c(Cl)cc(C)cc1/C(O)=C1\C(=O)C(=O)N(Cc2ccncc2)C1c1cccc(C)c1. The summed E-state index contributed by atoms with van der Waals surface area (Å²) in [5, 5.41) is 11.7. The third-order valence-electron chi connectivity index (χ3n) is 5.65. The number of aliphatic hydroxyl groups is 1. The second-order valence-electron chi connectivity index (χ2n) is 8.02. The summed E-state index contributed by atoms with van der Waals surface area (Å²) in [4.78, 5) is 31.9. The fourth-order valence-electron chi connectivity index (χ4n) is 4.17. The van der Waals surface area contributed by atoms with Crippen molar-refractivity contribution >= 4 is 29.1 Å². The molecule has 6 nitrogen and oxygen atoms in total. The van der Waals surface area contributed by atoms with Gasteiger partial charge in [-0.25, -0.2) is 0 Å². The number of aromatic nitrogens is 1. The Hall–Kier alpha value is -3.64. The van der Waals surface area contributed by atoms with Gasteiger partial charge in [-0.1, -0.05) is 41.4 Å². The van der Waals surface area contributed by atoms with Crippen LogP contribution in [0.2, 0.25) is 5.02 Å². The molecule has 3 aromatic rings. The molecule has 2 aromatic carbocycles. The first-order valence-electron chi connectivity index (χ1n) is 10.4.